The first-order valence-electron chi connectivity index (χ1n) is 11.4. The first-order valence-corrected chi connectivity index (χ1v) is 11.4. The van der Waals surface area contributed by atoms with Gasteiger partial charge >= 0.3 is 12.1 Å². The van der Waals surface area contributed by atoms with E-state index in [1.165, 1.54) is 20.0 Å². The van der Waals surface area contributed by atoms with E-state index in [1.807, 2.05) is 0 Å². The van der Waals surface area contributed by atoms with Gasteiger partial charge in [0, 0.05) is 37.6 Å². The number of hydrogen-bond acceptors (Lipinski definition) is 4. The van der Waals surface area contributed by atoms with Gasteiger partial charge in [0.2, 0.25) is 0 Å². The molecule has 0 aliphatic heterocycles. The van der Waals surface area contributed by atoms with Crippen molar-refractivity contribution in [2.24, 2.45) is 13.0 Å². The van der Waals surface area contributed by atoms with Gasteiger partial charge in [-0.3, -0.25) is 10.00 Å². The van der Waals surface area contributed by atoms with Crippen molar-refractivity contribution >= 4 is 5.97 Å². The number of carboxylic acid groups (broad SMARTS) is 1. The summed E-state index contributed by atoms with van der Waals surface area (Å²) >= 11 is 0. The van der Waals surface area contributed by atoms with Gasteiger partial charge in [0.25, 0.3) is 5.92 Å². The number of hydrogen-bond donors (Lipinski definition) is 3. The van der Waals surface area contributed by atoms with Gasteiger partial charge in [-0.15, -0.1) is 0 Å². The fourth-order valence-corrected chi connectivity index (χ4v) is 4.53. The van der Waals surface area contributed by atoms with Crippen molar-refractivity contribution < 1.29 is 41.4 Å². The average molecular weight is 531 g/mol. The highest BCUT2D eigenvalue weighted by molar-refractivity contribution is 5.87. The van der Waals surface area contributed by atoms with Gasteiger partial charge in [0.05, 0.1) is 11.3 Å². The summed E-state index contributed by atoms with van der Waals surface area (Å²) < 4.78 is 84.2. The molecule has 0 bridgehead atoms. The fraction of sp³-hybridized carbons (Fsp3) is 0.440. The monoisotopic (exact) mass is 531 g/mol. The molecule has 2 aromatic rings. The molecule has 1 aliphatic rings. The normalized spacial score (nSPS) is 18.3. The van der Waals surface area contributed by atoms with E-state index < -0.39 is 58.9 Å². The third kappa shape index (κ3) is 6.42. The number of rotatable bonds is 8. The van der Waals surface area contributed by atoms with Crippen LogP contribution in [0.25, 0.3) is 0 Å². The molecule has 3 atom stereocenters. The van der Waals surface area contributed by atoms with E-state index in [0.29, 0.717) is 6.92 Å². The lowest BCUT2D eigenvalue weighted by atomic mass is 9.88. The number of benzene rings is 1. The number of aliphatic hydroxyl groups is 1. The number of aryl methyl sites for hydroxylation is 1. The molecule has 6 nitrogen and oxygen atoms in total. The maximum atomic E-state index is 14.6. The second kappa shape index (κ2) is 10.3. The van der Waals surface area contributed by atoms with E-state index in [9.17, 15) is 36.2 Å². The number of aromatic carboxylic acids is 1. The number of aromatic nitrogens is 2. The molecule has 0 saturated heterocycles. The highest BCUT2D eigenvalue weighted by atomic mass is 19.4. The zero-order chi connectivity index (χ0) is 27.9. The van der Waals surface area contributed by atoms with E-state index >= 15 is 0 Å². The van der Waals surface area contributed by atoms with Crippen LogP contribution in [0.1, 0.15) is 72.3 Å². The summed E-state index contributed by atoms with van der Waals surface area (Å²) in [5, 5.41) is 26.7. The molecule has 1 aliphatic carbocycles. The number of carbonyl (C=O) groups is 1. The minimum Gasteiger partial charge on any atom is -0.478 e. The Morgan fingerprint density at radius 1 is 1.27 bits per heavy atom. The summed E-state index contributed by atoms with van der Waals surface area (Å²) in [7, 11) is 1.24. The predicted octanol–water partition coefficient (Wildman–Crippen LogP) is 5.71. The Balaban J connectivity index is 1.98. The van der Waals surface area contributed by atoms with Gasteiger partial charge in [0.15, 0.2) is 0 Å². The first kappa shape index (κ1) is 28.5. The standard InChI is InChI=1S/C25H27F6N3O3/c1-12-7-14(9-16(8-12)25(29,30)31)10-19-20(21(24(3,27)28)34(4)33-19)22(35)32-13(2)15-5-6-17(23(36)37)18(26)11-15/h5-7,9,11-13,22,32,35H,8,10H2,1-4H3,(H,36,37)/t12?,13-,22?/m0/s1. The summed E-state index contributed by atoms with van der Waals surface area (Å²) in [6.45, 7) is 3.72. The van der Waals surface area contributed by atoms with E-state index in [-0.39, 0.29) is 35.2 Å². The lowest BCUT2D eigenvalue weighted by molar-refractivity contribution is -0.0950. The molecule has 1 aromatic carbocycles. The first-order chi connectivity index (χ1) is 17.0. The second-order valence-electron chi connectivity index (χ2n) is 9.32. The van der Waals surface area contributed by atoms with Crippen molar-refractivity contribution in [2.75, 3.05) is 0 Å². The molecule has 202 valence electrons. The maximum Gasteiger partial charge on any atom is 0.412 e. The average Bonchev–Trinajstić information content (AvgIpc) is 3.08. The number of allylic oxidation sites excluding steroid dienone is 4. The number of aliphatic hydroxyl groups excluding tert-OH is 1. The van der Waals surface area contributed by atoms with Crippen molar-refractivity contribution in [1.82, 2.24) is 15.1 Å². The Morgan fingerprint density at radius 3 is 2.46 bits per heavy atom. The van der Waals surface area contributed by atoms with Gasteiger partial charge in [-0.2, -0.15) is 27.1 Å². The molecule has 2 unspecified atom stereocenters. The van der Waals surface area contributed by atoms with Crippen molar-refractivity contribution in [3.05, 3.63) is 75.4 Å². The quantitative estimate of drug-likeness (QED) is 0.300. The molecule has 0 spiro atoms. The smallest absolute Gasteiger partial charge is 0.412 e. The number of nitrogens with zero attached hydrogens (tertiary/aromatic N) is 2. The summed E-state index contributed by atoms with van der Waals surface area (Å²) in [6.07, 6.45) is -4.17. The molecule has 3 rings (SSSR count). The van der Waals surface area contributed by atoms with E-state index in [0.717, 1.165) is 22.9 Å². The van der Waals surface area contributed by atoms with Crippen LogP contribution in [-0.2, 0) is 19.4 Å². The Morgan fingerprint density at radius 2 is 1.92 bits per heavy atom. The number of alkyl halides is 5. The lowest BCUT2D eigenvalue weighted by Gasteiger charge is -2.23. The van der Waals surface area contributed by atoms with Gasteiger partial charge in [-0.1, -0.05) is 25.1 Å². The molecule has 1 heterocycles. The van der Waals surface area contributed by atoms with Crippen molar-refractivity contribution in [2.45, 2.75) is 58.0 Å². The third-order valence-electron chi connectivity index (χ3n) is 6.12. The van der Waals surface area contributed by atoms with Crippen LogP contribution in [0, 0.1) is 11.7 Å². The van der Waals surface area contributed by atoms with Crippen LogP contribution in [-0.4, -0.2) is 32.1 Å². The minimum atomic E-state index is -4.54. The van der Waals surface area contributed by atoms with Crippen LogP contribution in [0.5, 0.6) is 0 Å². The molecule has 0 amide bonds. The lowest BCUT2D eigenvalue weighted by Crippen LogP contribution is -2.28. The maximum absolute atomic E-state index is 14.6. The van der Waals surface area contributed by atoms with Gasteiger partial charge < -0.3 is 10.2 Å². The molecule has 1 aromatic heterocycles. The molecule has 0 radical (unpaired) electrons. The van der Waals surface area contributed by atoms with Crippen LogP contribution in [0.4, 0.5) is 26.3 Å². The van der Waals surface area contributed by atoms with Crippen LogP contribution in [0.15, 0.2) is 41.5 Å². The highest BCUT2D eigenvalue weighted by Gasteiger charge is 2.38. The number of halogens is 6. The van der Waals surface area contributed by atoms with Crippen LogP contribution < -0.4 is 5.32 Å². The molecule has 12 heteroatoms. The SMILES string of the molecule is CC1C=C(Cc2nn(C)c(C(C)(F)F)c2C(O)N[C@@H](C)c2ccc(C(=O)O)c(F)c2)C=C(C(F)(F)F)C1. The Labute approximate surface area is 209 Å². The van der Waals surface area contributed by atoms with Crippen LogP contribution >= 0.6 is 0 Å². The Bertz CT molecular complexity index is 1240. The van der Waals surface area contributed by atoms with Crippen LogP contribution in [0.3, 0.4) is 0 Å². The molecule has 0 saturated carbocycles. The third-order valence-corrected chi connectivity index (χ3v) is 6.12. The molecule has 37 heavy (non-hydrogen) atoms. The summed E-state index contributed by atoms with van der Waals surface area (Å²) in [5.41, 5.74) is -1.81. The van der Waals surface area contributed by atoms with Crippen molar-refractivity contribution in [3.8, 4) is 0 Å². The van der Waals surface area contributed by atoms with Gasteiger partial charge in [-0.25, -0.2) is 9.18 Å². The minimum absolute atomic E-state index is 0.0447. The Kier molecular flexibility index (Phi) is 7.94. The zero-order valence-corrected chi connectivity index (χ0v) is 20.5. The van der Waals surface area contributed by atoms with E-state index in [1.54, 1.807) is 13.0 Å². The highest BCUT2D eigenvalue weighted by Crippen LogP contribution is 2.38. The fourth-order valence-electron chi connectivity index (χ4n) is 4.53. The van der Waals surface area contributed by atoms with E-state index in [2.05, 4.69) is 10.4 Å². The van der Waals surface area contributed by atoms with Gasteiger partial charge in [0.1, 0.15) is 17.7 Å². The number of carboxylic acids is 1. The van der Waals surface area contributed by atoms with Crippen molar-refractivity contribution in [3.63, 3.8) is 0 Å². The summed E-state index contributed by atoms with van der Waals surface area (Å²) in [5.74, 6) is -6.38. The topological polar surface area (TPSA) is 87.4 Å². The molecule has 0 fully saturated rings. The van der Waals surface area contributed by atoms with Crippen molar-refractivity contribution in [1.29, 1.82) is 0 Å². The Hall–Kier alpha value is -3.12. The second-order valence-corrected chi connectivity index (χ2v) is 9.32. The molecular weight excluding hydrogens is 504 g/mol. The van der Waals surface area contributed by atoms with E-state index in [4.69, 9.17) is 5.11 Å². The number of nitrogens with one attached hydrogen (secondary N) is 1. The zero-order valence-electron chi connectivity index (χ0n) is 20.5. The molecular formula is C25H27F6N3O3. The predicted molar refractivity (Wildman–Crippen MR) is 122 cm³/mol. The molecule has 3 N–H and O–H groups in total. The summed E-state index contributed by atoms with van der Waals surface area (Å²) in [4.78, 5) is 11.0. The largest absolute Gasteiger partial charge is 0.478 e. The summed E-state index contributed by atoms with van der Waals surface area (Å²) in [6, 6.07) is 2.48. The van der Waals surface area contributed by atoms with Crippen LogP contribution in [0.2, 0.25) is 0 Å². The van der Waals surface area contributed by atoms with Gasteiger partial charge in [-0.05, 0) is 42.5 Å².